The second-order valence-electron chi connectivity index (χ2n) is 10.4. The number of rotatable bonds is 12. The fourth-order valence-corrected chi connectivity index (χ4v) is 6.37. The number of hydrogen-bond acceptors (Lipinski definition) is 6. The molecule has 2 heterocycles. The number of nitrogens with zero attached hydrogens (tertiary/aromatic N) is 1. The summed E-state index contributed by atoms with van der Waals surface area (Å²) in [7, 11) is 0. The van der Waals surface area contributed by atoms with Crippen molar-refractivity contribution in [3.63, 3.8) is 0 Å². The second kappa shape index (κ2) is 14.1. The van der Waals surface area contributed by atoms with E-state index in [0.717, 1.165) is 23.5 Å². The number of nitrogens with one attached hydrogen (secondary N) is 3. The third-order valence-corrected chi connectivity index (χ3v) is 8.61. The van der Waals surface area contributed by atoms with E-state index in [1.54, 1.807) is 16.3 Å². The van der Waals surface area contributed by atoms with Crippen LogP contribution in [0, 0.1) is 17.2 Å². The van der Waals surface area contributed by atoms with Crippen molar-refractivity contribution in [1.29, 1.82) is 5.41 Å². The minimum absolute atomic E-state index is 0.00233. The summed E-state index contributed by atoms with van der Waals surface area (Å²) >= 11 is 1.44. The summed E-state index contributed by atoms with van der Waals surface area (Å²) in [6.07, 6.45) is 7.40. The lowest BCUT2D eigenvalue weighted by atomic mass is 9.79. The SMILES string of the molecule is N=C(N)c1csc(CNC(=O)[C@@H]2C[C@H](C3CCCCC3)CN2C(=O)CNC(=O)CCCOc2ccccc2)c1. The molecule has 0 unspecified atom stereocenters. The van der Waals surface area contributed by atoms with Gasteiger partial charge < -0.3 is 26.0 Å². The highest BCUT2D eigenvalue weighted by Crippen LogP contribution is 2.37. The molecule has 0 radical (unpaired) electrons. The molecule has 1 saturated carbocycles. The molecule has 9 nitrogen and oxygen atoms in total. The highest BCUT2D eigenvalue weighted by atomic mass is 32.1. The average Bonchev–Trinajstić information content (AvgIpc) is 3.62. The summed E-state index contributed by atoms with van der Waals surface area (Å²) < 4.78 is 5.63. The predicted molar refractivity (Wildman–Crippen MR) is 152 cm³/mol. The van der Waals surface area contributed by atoms with Gasteiger partial charge in [0, 0.05) is 28.8 Å². The fourth-order valence-electron chi connectivity index (χ4n) is 5.55. The van der Waals surface area contributed by atoms with Crippen molar-refractivity contribution < 1.29 is 19.1 Å². The summed E-state index contributed by atoms with van der Waals surface area (Å²) in [5.74, 6) is 0.974. The van der Waals surface area contributed by atoms with E-state index in [1.165, 1.54) is 30.6 Å². The predicted octanol–water partition coefficient (Wildman–Crippen LogP) is 3.42. The molecule has 0 bridgehead atoms. The zero-order valence-electron chi connectivity index (χ0n) is 22.3. The van der Waals surface area contributed by atoms with Crippen LogP contribution in [0.4, 0.5) is 0 Å². The van der Waals surface area contributed by atoms with Crippen molar-refractivity contribution in [2.75, 3.05) is 19.7 Å². The Balaban J connectivity index is 1.28. The van der Waals surface area contributed by atoms with Crippen molar-refractivity contribution in [2.24, 2.45) is 17.6 Å². The molecule has 39 heavy (non-hydrogen) atoms. The average molecular weight is 554 g/mol. The van der Waals surface area contributed by atoms with Crippen LogP contribution in [-0.2, 0) is 20.9 Å². The van der Waals surface area contributed by atoms with Crippen molar-refractivity contribution >= 4 is 34.9 Å². The molecule has 210 valence electrons. The number of amidine groups is 1. The molecular formula is C29H39N5O4S. The number of nitrogens with two attached hydrogens (primary N) is 1. The molecule has 2 atom stereocenters. The number of para-hydroxylation sites is 1. The van der Waals surface area contributed by atoms with Gasteiger partial charge in [0.05, 0.1) is 19.7 Å². The maximum Gasteiger partial charge on any atom is 0.243 e. The standard InChI is InChI=1S/C29H39N5O4S/c30-28(31)22-14-24(39-19-22)16-33-29(37)25-15-21(20-8-3-1-4-9-20)18-34(25)27(36)17-32-26(35)12-7-13-38-23-10-5-2-6-11-23/h2,5-6,10-11,14,19-21,25H,1,3-4,7-9,12-13,15-18H2,(H3,30,31)(H,32,35)(H,33,37)/t21-,25-/m0/s1. The zero-order chi connectivity index (χ0) is 27.6. The Labute approximate surface area is 234 Å². The smallest absolute Gasteiger partial charge is 0.243 e. The number of nitrogen functional groups attached to an aromatic ring is 1. The Hall–Kier alpha value is -3.40. The Kier molecular flexibility index (Phi) is 10.4. The van der Waals surface area contributed by atoms with Gasteiger partial charge in [-0.1, -0.05) is 50.3 Å². The molecule has 2 aliphatic rings. The number of thiophene rings is 1. The number of hydrogen-bond donors (Lipinski definition) is 4. The summed E-state index contributed by atoms with van der Waals surface area (Å²) in [6.45, 7) is 1.18. The van der Waals surface area contributed by atoms with E-state index in [-0.39, 0.29) is 36.5 Å². The lowest BCUT2D eigenvalue weighted by Crippen LogP contribution is -2.48. The number of likely N-dealkylation sites (tertiary alicyclic amines) is 1. The van der Waals surface area contributed by atoms with E-state index in [1.807, 2.05) is 30.3 Å². The number of carbonyl (C=O) groups is 3. The molecule has 2 fully saturated rings. The zero-order valence-corrected chi connectivity index (χ0v) is 23.1. The van der Waals surface area contributed by atoms with E-state index >= 15 is 0 Å². The lowest BCUT2D eigenvalue weighted by molar-refractivity contribution is -0.138. The van der Waals surface area contributed by atoms with Gasteiger partial charge in [-0.3, -0.25) is 19.8 Å². The van der Waals surface area contributed by atoms with E-state index in [2.05, 4.69) is 10.6 Å². The monoisotopic (exact) mass is 553 g/mol. The highest BCUT2D eigenvalue weighted by molar-refractivity contribution is 7.10. The maximum absolute atomic E-state index is 13.3. The molecule has 2 aromatic rings. The van der Waals surface area contributed by atoms with Crippen LogP contribution in [-0.4, -0.2) is 54.2 Å². The van der Waals surface area contributed by atoms with Crippen LogP contribution in [0.2, 0.25) is 0 Å². The number of carbonyl (C=O) groups excluding carboxylic acids is 3. The summed E-state index contributed by atoms with van der Waals surface area (Å²) in [6, 6.07) is 10.7. The van der Waals surface area contributed by atoms with Gasteiger partial charge in [0.1, 0.15) is 17.6 Å². The molecule has 1 aromatic heterocycles. The summed E-state index contributed by atoms with van der Waals surface area (Å²) in [5.41, 5.74) is 6.19. The maximum atomic E-state index is 13.3. The van der Waals surface area contributed by atoms with E-state index in [4.69, 9.17) is 15.9 Å². The van der Waals surface area contributed by atoms with Gasteiger partial charge in [0.25, 0.3) is 0 Å². The van der Waals surface area contributed by atoms with Gasteiger partial charge in [-0.25, -0.2) is 0 Å². The first kappa shape index (κ1) is 28.6. The van der Waals surface area contributed by atoms with Crippen molar-refractivity contribution in [2.45, 2.75) is 64.0 Å². The molecule has 0 spiro atoms. The van der Waals surface area contributed by atoms with Crippen LogP contribution >= 0.6 is 11.3 Å². The van der Waals surface area contributed by atoms with Gasteiger partial charge in [0.15, 0.2) is 0 Å². The largest absolute Gasteiger partial charge is 0.494 e. The Morgan fingerprint density at radius 1 is 1.08 bits per heavy atom. The van der Waals surface area contributed by atoms with Gasteiger partial charge in [-0.05, 0) is 42.9 Å². The van der Waals surface area contributed by atoms with Crippen LogP contribution in [0.5, 0.6) is 5.75 Å². The highest BCUT2D eigenvalue weighted by Gasteiger charge is 2.42. The quantitative estimate of drug-likeness (QED) is 0.181. The van der Waals surface area contributed by atoms with Gasteiger partial charge in [-0.2, -0.15) is 0 Å². The third-order valence-electron chi connectivity index (χ3n) is 7.67. The Morgan fingerprint density at radius 2 is 1.85 bits per heavy atom. The number of amides is 3. The van der Waals surface area contributed by atoms with Crippen LogP contribution in [0.25, 0.3) is 0 Å². The minimum atomic E-state index is -0.548. The topological polar surface area (TPSA) is 138 Å². The number of benzene rings is 1. The van der Waals surface area contributed by atoms with E-state index in [0.29, 0.717) is 49.9 Å². The molecule has 1 saturated heterocycles. The molecule has 3 amide bonds. The Bertz CT molecular complexity index is 1130. The first-order valence-electron chi connectivity index (χ1n) is 13.8. The summed E-state index contributed by atoms with van der Waals surface area (Å²) in [4.78, 5) is 41.4. The van der Waals surface area contributed by atoms with Gasteiger partial charge >= 0.3 is 0 Å². The van der Waals surface area contributed by atoms with Crippen LogP contribution in [0.3, 0.4) is 0 Å². The van der Waals surface area contributed by atoms with E-state index in [9.17, 15) is 14.4 Å². The molecule has 10 heteroatoms. The van der Waals surface area contributed by atoms with Crippen molar-refractivity contribution in [1.82, 2.24) is 15.5 Å². The van der Waals surface area contributed by atoms with Crippen LogP contribution in [0.1, 0.15) is 61.8 Å². The first-order chi connectivity index (χ1) is 18.9. The normalized spacial score (nSPS) is 19.4. The van der Waals surface area contributed by atoms with Gasteiger partial charge in [0.2, 0.25) is 17.7 Å². The Morgan fingerprint density at radius 3 is 2.56 bits per heavy atom. The molecule has 5 N–H and O–H groups in total. The van der Waals surface area contributed by atoms with Gasteiger partial charge in [-0.15, -0.1) is 11.3 Å². The molecule has 4 rings (SSSR count). The first-order valence-corrected chi connectivity index (χ1v) is 14.7. The molecule has 1 aliphatic heterocycles. The second-order valence-corrected chi connectivity index (χ2v) is 11.4. The third kappa shape index (κ3) is 8.29. The molecule has 1 aromatic carbocycles. The molecular weight excluding hydrogens is 514 g/mol. The van der Waals surface area contributed by atoms with Crippen LogP contribution < -0.4 is 21.1 Å². The van der Waals surface area contributed by atoms with E-state index < -0.39 is 6.04 Å². The van der Waals surface area contributed by atoms with Crippen molar-refractivity contribution in [3.05, 3.63) is 52.2 Å². The minimum Gasteiger partial charge on any atom is -0.494 e. The van der Waals surface area contributed by atoms with Crippen molar-refractivity contribution in [3.8, 4) is 5.75 Å². The van der Waals surface area contributed by atoms with Crippen LogP contribution in [0.15, 0.2) is 41.8 Å². The fraction of sp³-hybridized carbons (Fsp3) is 0.517. The summed E-state index contributed by atoms with van der Waals surface area (Å²) in [5, 5.41) is 15.1. The lowest BCUT2D eigenvalue weighted by Gasteiger charge is -2.27. The number of ether oxygens (including phenoxy) is 1. The molecule has 1 aliphatic carbocycles.